The molecule has 7 heteroatoms. The van der Waals surface area contributed by atoms with Gasteiger partial charge < -0.3 is 9.88 Å². The second-order valence-corrected chi connectivity index (χ2v) is 6.16. The number of hydrogen-bond donors (Lipinski definition) is 1. The summed E-state index contributed by atoms with van der Waals surface area (Å²) >= 11 is 6.48. The molecule has 2 aromatic heterocycles. The van der Waals surface area contributed by atoms with Crippen LogP contribution in [0.3, 0.4) is 0 Å². The second kappa shape index (κ2) is 5.79. The lowest BCUT2D eigenvalue weighted by Crippen LogP contribution is -2.23. The summed E-state index contributed by atoms with van der Waals surface area (Å²) in [7, 11) is 0. The van der Waals surface area contributed by atoms with Crippen molar-refractivity contribution in [2.45, 2.75) is 32.0 Å². The van der Waals surface area contributed by atoms with Gasteiger partial charge in [0.25, 0.3) is 0 Å². The van der Waals surface area contributed by atoms with E-state index in [1.807, 2.05) is 30.6 Å². The normalized spacial score (nSPS) is 18.1. The number of hydrogen-bond acceptors (Lipinski definition) is 4. The monoisotopic (exact) mass is 328 g/mol. The van der Waals surface area contributed by atoms with E-state index in [9.17, 15) is 0 Å². The number of fused-ring (bicyclic) bond motifs is 1. The number of aromatic nitrogens is 5. The zero-order valence-corrected chi connectivity index (χ0v) is 13.5. The first kappa shape index (κ1) is 14.4. The Balaban J connectivity index is 1.54. The lowest BCUT2D eigenvalue weighted by Gasteiger charge is -2.20. The molecule has 0 spiro atoms. The minimum absolute atomic E-state index is 0.139. The molecule has 1 N–H and O–H groups in total. The Morgan fingerprint density at radius 3 is 3.09 bits per heavy atom. The highest BCUT2D eigenvalue weighted by Gasteiger charge is 2.25. The summed E-state index contributed by atoms with van der Waals surface area (Å²) < 4.78 is 3.89. The molecule has 0 aliphatic carbocycles. The smallest absolute Gasteiger partial charge is 0.138 e. The van der Waals surface area contributed by atoms with Gasteiger partial charge in [0.1, 0.15) is 18.5 Å². The van der Waals surface area contributed by atoms with Gasteiger partial charge in [0.2, 0.25) is 0 Å². The van der Waals surface area contributed by atoms with Crippen LogP contribution in [0.15, 0.2) is 43.2 Å². The third kappa shape index (κ3) is 2.64. The highest BCUT2D eigenvalue weighted by atomic mass is 35.5. The summed E-state index contributed by atoms with van der Waals surface area (Å²) in [6.07, 6.45) is 8.11. The molecule has 3 aromatic rings. The van der Waals surface area contributed by atoms with Crippen LogP contribution in [0, 0.1) is 0 Å². The summed E-state index contributed by atoms with van der Waals surface area (Å²) in [4.78, 5) is 8.40. The fourth-order valence-corrected chi connectivity index (χ4v) is 3.46. The van der Waals surface area contributed by atoms with Crippen molar-refractivity contribution in [2.75, 3.05) is 0 Å². The van der Waals surface area contributed by atoms with E-state index in [2.05, 4.69) is 31.9 Å². The van der Waals surface area contributed by atoms with Crippen molar-refractivity contribution in [3.8, 4) is 5.69 Å². The highest BCUT2D eigenvalue weighted by Crippen LogP contribution is 2.30. The summed E-state index contributed by atoms with van der Waals surface area (Å²) in [6, 6.07) is 6.37. The third-order valence-electron chi connectivity index (χ3n) is 4.30. The van der Waals surface area contributed by atoms with Gasteiger partial charge in [0.15, 0.2) is 0 Å². The van der Waals surface area contributed by atoms with Gasteiger partial charge in [0.05, 0.1) is 11.7 Å². The number of aryl methyl sites for hydroxylation is 1. The first-order valence-corrected chi connectivity index (χ1v) is 8.01. The summed E-state index contributed by atoms with van der Waals surface area (Å²) in [5.41, 5.74) is 1.97. The molecule has 1 aromatic carbocycles. The molecular formula is C16H17ClN6. The first-order valence-electron chi connectivity index (χ1n) is 7.64. The maximum atomic E-state index is 6.48. The van der Waals surface area contributed by atoms with Gasteiger partial charge in [-0.15, -0.1) is 0 Å². The van der Waals surface area contributed by atoms with Crippen LogP contribution < -0.4 is 5.32 Å². The molecule has 4 rings (SSSR count). The molecule has 118 valence electrons. The zero-order chi connectivity index (χ0) is 15.8. The summed E-state index contributed by atoms with van der Waals surface area (Å²) in [5, 5.41) is 8.48. The molecule has 0 bridgehead atoms. The average molecular weight is 329 g/mol. The number of halogens is 1. The van der Waals surface area contributed by atoms with Crippen molar-refractivity contribution in [3.05, 3.63) is 59.7 Å². The van der Waals surface area contributed by atoms with Crippen LogP contribution in [0.5, 0.6) is 0 Å². The first-order chi connectivity index (χ1) is 11.2. The topological polar surface area (TPSA) is 60.6 Å². The lowest BCUT2D eigenvalue weighted by atomic mass is 10.1. The number of benzene rings is 1. The number of rotatable bonds is 4. The second-order valence-electron chi connectivity index (χ2n) is 5.75. The Kier molecular flexibility index (Phi) is 3.63. The van der Waals surface area contributed by atoms with Crippen LogP contribution >= 0.6 is 11.6 Å². The van der Waals surface area contributed by atoms with E-state index in [1.54, 1.807) is 11.0 Å². The quantitative estimate of drug-likeness (QED) is 0.800. The van der Waals surface area contributed by atoms with E-state index in [1.165, 1.54) is 6.33 Å². The van der Waals surface area contributed by atoms with Gasteiger partial charge in [0, 0.05) is 30.0 Å². The molecule has 2 atom stereocenters. The van der Waals surface area contributed by atoms with E-state index in [0.29, 0.717) is 0 Å². The molecule has 1 aliphatic rings. The molecule has 0 saturated heterocycles. The van der Waals surface area contributed by atoms with E-state index >= 15 is 0 Å². The van der Waals surface area contributed by atoms with Crippen molar-refractivity contribution >= 4 is 11.6 Å². The predicted molar refractivity (Wildman–Crippen MR) is 87.5 cm³/mol. The molecular weight excluding hydrogens is 312 g/mol. The molecule has 0 fully saturated rings. The Hall–Kier alpha value is -2.18. The van der Waals surface area contributed by atoms with Crippen molar-refractivity contribution < 1.29 is 0 Å². The van der Waals surface area contributed by atoms with Gasteiger partial charge in [-0.2, -0.15) is 5.10 Å². The van der Waals surface area contributed by atoms with Crippen molar-refractivity contribution in [1.82, 2.24) is 29.6 Å². The van der Waals surface area contributed by atoms with Crippen molar-refractivity contribution in [2.24, 2.45) is 0 Å². The van der Waals surface area contributed by atoms with Gasteiger partial charge in [-0.25, -0.2) is 14.6 Å². The van der Waals surface area contributed by atoms with E-state index in [4.69, 9.17) is 11.6 Å². The molecule has 0 radical (unpaired) electrons. The standard InChI is InChI=1S/C16H17ClN6/c1-11(21-15-4-6-22-7-5-19-16(15)22)13-3-2-12(8-14(13)17)23-10-18-9-20-23/h2-3,5,7-11,15,21H,4,6H2,1H3. The van der Waals surface area contributed by atoms with Crippen LogP contribution in [-0.2, 0) is 6.54 Å². The molecule has 23 heavy (non-hydrogen) atoms. The minimum atomic E-state index is 0.139. The van der Waals surface area contributed by atoms with Gasteiger partial charge in [-0.05, 0) is 31.0 Å². The molecule has 3 heterocycles. The average Bonchev–Trinajstić information content (AvgIpc) is 3.26. The molecule has 2 unspecified atom stereocenters. The zero-order valence-electron chi connectivity index (χ0n) is 12.7. The van der Waals surface area contributed by atoms with Crippen LogP contribution in [-0.4, -0.2) is 24.3 Å². The van der Waals surface area contributed by atoms with Crippen LogP contribution in [0.1, 0.15) is 36.8 Å². The van der Waals surface area contributed by atoms with E-state index in [0.717, 1.165) is 35.1 Å². The lowest BCUT2D eigenvalue weighted by molar-refractivity contribution is 0.458. The number of nitrogens with one attached hydrogen (secondary N) is 1. The maximum absolute atomic E-state index is 6.48. The number of imidazole rings is 1. The summed E-state index contributed by atoms with van der Waals surface area (Å²) in [6.45, 7) is 3.14. The molecule has 6 nitrogen and oxygen atoms in total. The van der Waals surface area contributed by atoms with E-state index in [-0.39, 0.29) is 12.1 Å². The Morgan fingerprint density at radius 2 is 2.30 bits per heavy atom. The third-order valence-corrected chi connectivity index (χ3v) is 4.63. The number of nitrogens with zero attached hydrogens (tertiary/aromatic N) is 5. The largest absolute Gasteiger partial charge is 0.334 e. The van der Waals surface area contributed by atoms with Crippen molar-refractivity contribution in [1.29, 1.82) is 0 Å². The Labute approximate surface area is 139 Å². The predicted octanol–water partition coefficient (Wildman–Crippen LogP) is 2.91. The molecule has 1 aliphatic heterocycles. The van der Waals surface area contributed by atoms with Gasteiger partial charge in [-0.1, -0.05) is 17.7 Å². The van der Waals surface area contributed by atoms with Crippen LogP contribution in [0.25, 0.3) is 5.69 Å². The fraction of sp³-hybridized carbons (Fsp3) is 0.312. The SMILES string of the molecule is CC(NC1CCn2ccnc21)c1ccc(-n2cncn2)cc1Cl. The highest BCUT2D eigenvalue weighted by molar-refractivity contribution is 6.31. The van der Waals surface area contributed by atoms with Crippen LogP contribution in [0.2, 0.25) is 5.02 Å². The van der Waals surface area contributed by atoms with Gasteiger partial charge in [-0.3, -0.25) is 0 Å². The van der Waals surface area contributed by atoms with Crippen LogP contribution in [0.4, 0.5) is 0 Å². The fourth-order valence-electron chi connectivity index (χ4n) is 3.12. The molecule has 0 saturated carbocycles. The van der Waals surface area contributed by atoms with Gasteiger partial charge >= 0.3 is 0 Å². The van der Waals surface area contributed by atoms with E-state index < -0.39 is 0 Å². The van der Waals surface area contributed by atoms with Crippen molar-refractivity contribution in [3.63, 3.8) is 0 Å². The Morgan fingerprint density at radius 1 is 1.39 bits per heavy atom. The summed E-state index contributed by atoms with van der Waals surface area (Å²) in [5.74, 6) is 1.10. The minimum Gasteiger partial charge on any atom is -0.334 e. The molecule has 0 amide bonds. The maximum Gasteiger partial charge on any atom is 0.138 e. The Bertz CT molecular complexity index is 810.